The average Bonchev–Trinajstić information content (AvgIpc) is 1.62. The van der Waals surface area contributed by atoms with Crippen LogP contribution in [-0.2, 0) is 0 Å². The van der Waals surface area contributed by atoms with Crippen molar-refractivity contribution in [1.29, 1.82) is 0 Å². The zero-order valence-electron chi connectivity index (χ0n) is 48.2. The smallest absolute Gasteiger partial charge is 0.138 e. The molecule has 0 N–H and O–H groups in total. The maximum atomic E-state index is 6.52. The van der Waals surface area contributed by atoms with E-state index in [-0.39, 0.29) is 0 Å². The second-order valence-corrected chi connectivity index (χ2v) is 24.7. The highest BCUT2D eigenvalue weighted by atomic mass is 32.1. The van der Waals surface area contributed by atoms with Crippen molar-refractivity contribution in [2.75, 3.05) is 0 Å². The molecule has 0 bridgehead atoms. The summed E-state index contributed by atoms with van der Waals surface area (Å²) < 4.78 is 18.5. The van der Waals surface area contributed by atoms with Crippen molar-refractivity contribution in [3.05, 3.63) is 291 Å². The summed E-state index contributed by atoms with van der Waals surface area (Å²) in [5.41, 5.74) is 19.3. The number of hydrogen-bond donors (Lipinski definition) is 0. The van der Waals surface area contributed by atoms with Crippen LogP contribution in [0.1, 0.15) is 0 Å². The van der Waals surface area contributed by atoms with E-state index in [1.54, 1.807) is 0 Å². The van der Waals surface area contributed by atoms with Crippen LogP contribution in [0.2, 0.25) is 0 Å². The Morgan fingerprint density at radius 3 is 1.17 bits per heavy atom. The van der Waals surface area contributed by atoms with E-state index in [1.807, 2.05) is 11.3 Å². The summed E-state index contributed by atoms with van der Waals surface area (Å²) in [6.45, 7) is 0. The van der Waals surface area contributed by atoms with Gasteiger partial charge in [0.25, 0.3) is 0 Å². The van der Waals surface area contributed by atoms with Crippen molar-refractivity contribution in [1.82, 2.24) is 28.2 Å². The van der Waals surface area contributed by atoms with E-state index in [1.165, 1.54) is 85.4 Å². The molecule has 0 fully saturated rings. The molecule has 0 saturated heterocycles. The Bertz CT molecular complexity index is 6340. The summed E-state index contributed by atoms with van der Waals surface area (Å²) in [6.07, 6.45) is 0. The molecular formula is C82H48N6OS. The van der Waals surface area contributed by atoms with Gasteiger partial charge in [-0.25, -0.2) is 9.97 Å². The fraction of sp³-hybridized carbons (Fsp3) is 0. The van der Waals surface area contributed by atoms with Crippen LogP contribution in [0, 0.1) is 0 Å². The molecule has 418 valence electrons. The van der Waals surface area contributed by atoms with Crippen molar-refractivity contribution in [3.8, 4) is 56.7 Å². The molecule has 0 saturated carbocycles. The summed E-state index contributed by atoms with van der Waals surface area (Å²) in [4.78, 5) is 10.9. The Labute approximate surface area is 518 Å². The topological polar surface area (TPSA) is 58.6 Å². The average molecular weight is 1170 g/mol. The van der Waals surface area contributed by atoms with E-state index >= 15 is 0 Å². The zero-order chi connectivity index (χ0) is 58.7. The van der Waals surface area contributed by atoms with Crippen molar-refractivity contribution in [2.45, 2.75) is 0 Å². The highest BCUT2D eigenvalue weighted by Gasteiger charge is 2.23. The number of nitrogens with zero attached hydrogens (tertiary/aromatic N) is 6. The Hall–Kier alpha value is -11.8. The quantitative estimate of drug-likeness (QED) is 0.160. The molecule has 8 heterocycles. The number of hydrogen-bond acceptors (Lipinski definition) is 4. The van der Waals surface area contributed by atoms with Crippen LogP contribution in [0.5, 0.6) is 0 Å². The number of furan rings is 1. The lowest BCUT2D eigenvalue weighted by Gasteiger charge is -2.11. The standard InChI is InChI=1S/C82H48N6OS/c1-7-27-67-53(17-1)54-18-2-8-28-68(54)85(67)51-39-42-76-62(47-51)61-45-49(37-41-75(61)89-76)65-25-16-36-80(84-65)88-72-32-12-6-22-60(72)82-58(24-14-34-74(82)88)57-23-13-33-73-81(57)59-21-5-11-31-71(59)86(73)52-40-44-78-64(48-52)63-46-50(38-43-77(63)90-78)66-26-15-35-79(83-66)87-69-29-9-3-19-55(69)56-20-4-10-30-70(56)87/h1-48H. The number of para-hydroxylation sites is 6. The number of rotatable bonds is 7. The molecule has 8 heteroatoms. The first-order valence-corrected chi connectivity index (χ1v) is 31.4. The Balaban J connectivity index is 0.696. The lowest BCUT2D eigenvalue weighted by molar-refractivity contribution is 0.669. The molecule has 0 amide bonds. The molecule has 20 aromatic rings. The minimum absolute atomic E-state index is 0.844. The highest BCUT2D eigenvalue weighted by molar-refractivity contribution is 7.25. The van der Waals surface area contributed by atoms with E-state index < -0.39 is 0 Å². The van der Waals surface area contributed by atoms with E-state index in [4.69, 9.17) is 14.4 Å². The number of fused-ring (bicyclic) bond motifs is 18. The predicted molar refractivity (Wildman–Crippen MR) is 376 cm³/mol. The van der Waals surface area contributed by atoms with Gasteiger partial charge in [-0.15, -0.1) is 11.3 Å². The molecule has 0 aliphatic carbocycles. The third-order valence-corrected chi connectivity index (χ3v) is 19.9. The van der Waals surface area contributed by atoms with Gasteiger partial charge in [0.1, 0.15) is 22.8 Å². The van der Waals surface area contributed by atoms with E-state index in [0.29, 0.717) is 0 Å². The molecule has 12 aromatic carbocycles. The maximum Gasteiger partial charge on any atom is 0.138 e. The van der Waals surface area contributed by atoms with Crippen LogP contribution in [0.4, 0.5) is 0 Å². The van der Waals surface area contributed by atoms with Crippen LogP contribution in [0.15, 0.2) is 296 Å². The van der Waals surface area contributed by atoms with Crippen molar-refractivity contribution >= 4 is 141 Å². The Morgan fingerprint density at radius 2 is 0.611 bits per heavy atom. The lowest BCUT2D eigenvalue weighted by atomic mass is 9.95. The second kappa shape index (κ2) is 18.8. The maximum absolute atomic E-state index is 6.52. The Morgan fingerprint density at radius 1 is 0.256 bits per heavy atom. The third-order valence-electron chi connectivity index (χ3n) is 18.8. The molecular weight excluding hydrogens is 1120 g/mol. The van der Waals surface area contributed by atoms with Crippen LogP contribution in [0.25, 0.3) is 186 Å². The van der Waals surface area contributed by atoms with Gasteiger partial charge in [-0.05, 0) is 151 Å². The van der Waals surface area contributed by atoms with E-state index in [0.717, 1.165) is 101 Å². The van der Waals surface area contributed by atoms with Crippen molar-refractivity contribution in [3.63, 3.8) is 0 Å². The van der Waals surface area contributed by atoms with Gasteiger partial charge in [0, 0.05) is 96.5 Å². The first kappa shape index (κ1) is 49.3. The fourth-order valence-corrected chi connectivity index (χ4v) is 16.0. The molecule has 0 radical (unpaired) electrons. The van der Waals surface area contributed by atoms with Gasteiger partial charge in [0.2, 0.25) is 0 Å². The van der Waals surface area contributed by atoms with Crippen LogP contribution in [-0.4, -0.2) is 28.2 Å². The highest BCUT2D eigenvalue weighted by Crippen LogP contribution is 2.46. The van der Waals surface area contributed by atoms with Crippen LogP contribution >= 0.6 is 11.3 Å². The summed E-state index contributed by atoms with van der Waals surface area (Å²) >= 11 is 1.84. The fourth-order valence-electron chi connectivity index (χ4n) is 14.9. The summed E-state index contributed by atoms with van der Waals surface area (Å²) in [5.74, 6) is 1.75. The molecule has 0 aliphatic rings. The van der Waals surface area contributed by atoms with Gasteiger partial charge < -0.3 is 13.6 Å². The first-order valence-electron chi connectivity index (χ1n) is 30.5. The largest absolute Gasteiger partial charge is 0.456 e. The normalized spacial score (nSPS) is 12.2. The van der Waals surface area contributed by atoms with Crippen molar-refractivity contribution in [2.24, 2.45) is 0 Å². The first-order chi connectivity index (χ1) is 44.6. The van der Waals surface area contributed by atoms with Crippen LogP contribution in [0.3, 0.4) is 0 Å². The molecule has 0 unspecified atom stereocenters. The Kier molecular flexibility index (Phi) is 10.3. The number of pyridine rings is 2. The minimum Gasteiger partial charge on any atom is -0.456 e. The second-order valence-electron chi connectivity index (χ2n) is 23.6. The zero-order valence-corrected chi connectivity index (χ0v) is 49.0. The van der Waals surface area contributed by atoms with Crippen LogP contribution < -0.4 is 0 Å². The van der Waals surface area contributed by atoms with Crippen molar-refractivity contribution < 1.29 is 4.42 Å². The van der Waals surface area contributed by atoms with Gasteiger partial charge in [-0.1, -0.05) is 152 Å². The SMILES string of the molecule is c1cc(-c2ccc3sc4ccc(-n5c6ccccc6c6c(-c7cccc8c7c7ccccc7n8-c7cccc(-c8ccc9oc%10ccc(-n%11c%12ccccc%12c%12ccccc%12%11)cc%10c9c8)n7)cccc65)cc4c3c2)nc(-n2c3ccccc3c3ccccc32)c1. The van der Waals surface area contributed by atoms with Gasteiger partial charge in [-0.2, -0.15) is 0 Å². The van der Waals surface area contributed by atoms with E-state index in [2.05, 4.69) is 309 Å². The number of aromatic nitrogens is 6. The molecule has 8 aromatic heterocycles. The summed E-state index contributed by atoms with van der Waals surface area (Å²) in [7, 11) is 0. The molecule has 0 spiro atoms. The molecule has 20 rings (SSSR count). The van der Waals surface area contributed by atoms with Gasteiger partial charge in [-0.3, -0.25) is 9.13 Å². The van der Waals surface area contributed by atoms with Gasteiger partial charge in [0.05, 0.1) is 55.5 Å². The van der Waals surface area contributed by atoms with Gasteiger partial charge in [0.15, 0.2) is 0 Å². The number of thiophene rings is 1. The summed E-state index contributed by atoms with van der Waals surface area (Å²) in [5, 5.41) is 14.3. The monoisotopic (exact) mass is 1160 g/mol. The minimum atomic E-state index is 0.844. The predicted octanol–water partition coefficient (Wildman–Crippen LogP) is 22.1. The molecule has 90 heavy (non-hydrogen) atoms. The van der Waals surface area contributed by atoms with E-state index in [9.17, 15) is 0 Å². The molecule has 7 nitrogen and oxygen atoms in total. The van der Waals surface area contributed by atoms with Gasteiger partial charge >= 0.3 is 0 Å². The molecule has 0 atom stereocenters. The molecule has 0 aliphatic heterocycles. The summed E-state index contributed by atoms with van der Waals surface area (Å²) in [6, 6.07) is 105. The third kappa shape index (κ3) is 7.10. The number of benzene rings is 12. The lowest BCUT2D eigenvalue weighted by Crippen LogP contribution is -1.98.